The molecule has 0 aromatic heterocycles. The summed E-state index contributed by atoms with van der Waals surface area (Å²) in [6.07, 6.45) is 1.14. The van der Waals surface area contributed by atoms with Gasteiger partial charge in [0, 0.05) is 25.7 Å². The molecule has 0 amide bonds. The Morgan fingerprint density at radius 3 is 2.56 bits per heavy atom. The van der Waals surface area contributed by atoms with E-state index < -0.39 is 0 Å². The van der Waals surface area contributed by atoms with Crippen LogP contribution in [0.15, 0.2) is 24.3 Å². The van der Waals surface area contributed by atoms with E-state index in [1.807, 2.05) is 0 Å². The van der Waals surface area contributed by atoms with Gasteiger partial charge in [-0.1, -0.05) is 24.3 Å². The van der Waals surface area contributed by atoms with Gasteiger partial charge >= 0.3 is 0 Å². The van der Waals surface area contributed by atoms with E-state index in [1.165, 1.54) is 11.1 Å². The quantitative estimate of drug-likeness (QED) is 0.887. The van der Waals surface area contributed by atoms with Crippen molar-refractivity contribution in [2.75, 3.05) is 13.1 Å². The Kier molecular flexibility index (Phi) is 7.00. The van der Waals surface area contributed by atoms with Crippen molar-refractivity contribution in [2.24, 2.45) is 5.73 Å². The highest BCUT2D eigenvalue weighted by molar-refractivity contribution is 5.85. The fraction of sp³-hybridized carbons (Fsp3) is 0.500. The highest BCUT2D eigenvalue weighted by Crippen LogP contribution is 2.14. The SMILES string of the molecule is Cc1ccccc1CN1CC[C@@H](N)C1.Cl.Cl. The van der Waals surface area contributed by atoms with Crippen LogP contribution in [0.25, 0.3) is 0 Å². The molecule has 1 aromatic carbocycles. The van der Waals surface area contributed by atoms with Crippen LogP contribution in [0.3, 0.4) is 0 Å². The second-order valence-electron chi connectivity index (χ2n) is 4.21. The van der Waals surface area contributed by atoms with Gasteiger partial charge in [0.25, 0.3) is 0 Å². The topological polar surface area (TPSA) is 29.3 Å². The summed E-state index contributed by atoms with van der Waals surface area (Å²) in [6, 6.07) is 8.97. The predicted octanol–water partition coefficient (Wildman–Crippen LogP) is 2.37. The summed E-state index contributed by atoms with van der Waals surface area (Å²) >= 11 is 0. The van der Waals surface area contributed by atoms with Crippen molar-refractivity contribution < 1.29 is 0 Å². The van der Waals surface area contributed by atoms with E-state index in [1.54, 1.807) is 0 Å². The molecule has 0 saturated carbocycles. The van der Waals surface area contributed by atoms with Crippen LogP contribution >= 0.6 is 24.8 Å². The van der Waals surface area contributed by atoms with Gasteiger partial charge in [-0.15, -0.1) is 24.8 Å². The largest absolute Gasteiger partial charge is 0.326 e. The summed E-state index contributed by atoms with van der Waals surface area (Å²) in [7, 11) is 0. The first-order valence-electron chi connectivity index (χ1n) is 5.28. The van der Waals surface area contributed by atoms with E-state index in [0.29, 0.717) is 6.04 Å². The Labute approximate surface area is 110 Å². The van der Waals surface area contributed by atoms with Gasteiger partial charge in [0.1, 0.15) is 0 Å². The first-order chi connectivity index (χ1) is 6.75. The minimum Gasteiger partial charge on any atom is -0.326 e. The van der Waals surface area contributed by atoms with E-state index in [2.05, 4.69) is 36.1 Å². The zero-order valence-corrected chi connectivity index (χ0v) is 11.2. The second kappa shape index (κ2) is 7.13. The lowest BCUT2D eigenvalue weighted by Gasteiger charge is -2.16. The molecule has 1 heterocycles. The molecule has 0 spiro atoms. The lowest BCUT2D eigenvalue weighted by atomic mass is 10.1. The van der Waals surface area contributed by atoms with Gasteiger partial charge in [0.05, 0.1) is 0 Å². The molecule has 1 aliphatic rings. The summed E-state index contributed by atoms with van der Waals surface area (Å²) < 4.78 is 0. The van der Waals surface area contributed by atoms with E-state index in [-0.39, 0.29) is 24.8 Å². The molecule has 92 valence electrons. The molecule has 0 radical (unpaired) electrons. The molecular weight excluding hydrogens is 243 g/mol. The van der Waals surface area contributed by atoms with Crippen LogP contribution in [0.2, 0.25) is 0 Å². The molecule has 1 aromatic rings. The summed E-state index contributed by atoms with van der Waals surface area (Å²) in [5, 5.41) is 0. The van der Waals surface area contributed by atoms with Crippen molar-refractivity contribution in [3.05, 3.63) is 35.4 Å². The molecule has 2 nitrogen and oxygen atoms in total. The normalized spacial score (nSPS) is 20.0. The second-order valence-corrected chi connectivity index (χ2v) is 4.21. The monoisotopic (exact) mass is 262 g/mol. The van der Waals surface area contributed by atoms with Gasteiger partial charge < -0.3 is 5.73 Å². The first kappa shape index (κ1) is 15.7. The van der Waals surface area contributed by atoms with Crippen LogP contribution < -0.4 is 5.73 Å². The van der Waals surface area contributed by atoms with E-state index >= 15 is 0 Å². The predicted molar refractivity (Wildman–Crippen MR) is 73.5 cm³/mol. The zero-order valence-electron chi connectivity index (χ0n) is 9.56. The molecule has 4 heteroatoms. The van der Waals surface area contributed by atoms with Gasteiger partial charge in [-0.3, -0.25) is 4.90 Å². The third-order valence-electron chi connectivity index (χ3n) is 2.96. The fourth-order valence-electron chi connectivity index (χ4n) is 2.03. The number of hydrogen-bond donors (Lipinski definition) is 1. The Morgan fingerprint density at radius 2 is 2.00 bits per heavy atom. The molecule has 16 heavy (non-hydrogen) atoms. The number of rotatable bonds is 2. The summed E-state index contributed by atoms with van der Waals surface area (Å²) in [5.74, 6) is 0. The summed E-state index contributed by atoms with van der Waals surface area (Å²) in [4.78, 5) is 2.44. The van der Waals surface area contributed by atoms with Gasteiger partial charge in [0.15, 0.2) is 0 Å². The first-order valence-corrected chi connectivity index (χ1v) is 5.28. The molecule has 1 atom stereocenters. The van der Waals surface area contributed by atoms with E-state index in [4.69, 9.17) is 5.73 Å². The molecule has 2 N–H and O–H groups in total. The minimum absolute atomic E-state index is 0. The van der Waals surface area contributed by atoms with Crippen molar-refractivity contribution >= 4 is 24.8 Å². The van der Waals surface area contributed by atoms with E-state index in [0.717, 1.165) is 26.1 Å². The Bertz CT molecular complexity index is 318. The lowest BCUT2D eigenvalue weighted by Crippen LogP contribution is -2.26. The van der Waals surface area contributed by atoms with Gasteiger partial charge in [-0.2, -0.15) is 0 Å². The number of nitrogens with zero attached hydrogens (tertiary/aromatic N) is 1. The number of nitrogens with two attached hydrogens (primary N) is 1. The minimum atomic E-state index is 0. The van der Waals surface area contributed by atoms with Gasteiger partial charge in [-0.25, -0.2) is 0 Å². The van der Waals surface area contributed by atoms with Crippen LogP contribution in [-0.2, 0) is 6.54 Å². The Hall–Kier alpha value is -0.280. The smallest absolute Gasteiger partial charge is 0.0237 e. The molecular formula is C12H20Cl2N2. The fourth-order valence-corrected chi connectivity index (χ4v) is 2.03. The average Bonchev–Trinajstić information content (AvgIpc) is 2.56. The third-order valence-corrected chi connectivity index (χ3v) is 2.96. The van der Waals surface area contributed by atoms with Crippen molar-refractivity contribution in [1.29, 1.82) is 0 Å². The van der Waals surface area contributed by atoms with Crippen molar-refractivity contribution in [1.82, 2.24) is 4.90 Å². The van der Waals surface area contributed by atoms with Crippen LogP contribution in [0, 0.1) is 6.92 Å². The molecule has 0 bridgehead atoms. The highest BCUT2D eigenvalue weighted by atomic mass is 35.5. The molecule has 1 aliphatic heterocycles. The van der Waals surface area contributed by atoms with Crippen molar-refractivity contribution in [3.8, 4) is 0 Å². The maximum Gasteiger partial charge on any atom is 0.0237 e. The van der Waals surface area contributed by atoms with Gasteiger partial charge in [-0.05, 0) is 24.5 Å². The molecule has 2 rings (SSSR count). The lowest BCUT2D eigenvalue weighted by molar-refractivity contribution is 0.326. The number of benzene rings is 1. The van der Waals surface area contributed by atoms with Crippen LogP contribution in [0.1, 0.15) is 17.5 Å². The Morgan fingerprint density at radius 1 is 1.31 bits per heavy atom. The molecule has 1 fully saturated rings. The van der Waals surface area contributed by atoms with Crippen molar-refractivity contribution in [2.45, 2.75) is 25.9 Å². The molecule has 1 saturated heterocycles. The van der Waals surface area contributed by atoms with Crippen LogP contribution in [0.5, 0.6) is 0 Å². The molecule has 0 unspecified atom stereocenters. The van der Waals surface area contributed by atoms with E-state index in [9.17, 15) is 0 Å². The van der Waals surface area contributed by atoms with Crippen molar-refractivity contribution in [3.63, 3.8) is 0 Å². The Balaban J connectivity index is 0.00000112. The zero-order chi connectivity index (χ0) is 9.97. The number of halogens is 2. The van der Waals surface area contributed by atoms with Crippen LogP contribution in [-0.4, -0.2) is 24.0 Å². The maximum absolute atomic E-state index is 5.88. The third kappa shape index (κ3) is 3.95. The number of aryl methyl sites for hydroxylation is 1. The maximum atomic E-state index is 5.88. The number of likely N-dealkylation sites (tertiary alicyclic amines) is 1. The number of hydrogen-bond acceptors (Lipinski definition) is 2. The summed E-state index contributed by atoms with van der Waals surface area (Å²) in [5.41, 5.74) is 8.69. The standard InChI is InChI=1S/C12H18N2.2ClH/c1-10-4-2-3-5-11(10)8-14-7-6-12(13)9-14;;/h2-5,12H,6-9,13H2,1H3;2*1H/t12-;;/m1../s1. The average molecular weight is 263 g/mol. The summed E-state index contributed by atoms with van der Waals surface area (Å²) in [6.45, 7) is 5.43. The highest BCUT2D eigenvalue weighted by Gasteiger charge is 2.18. The van der Waals surface area contributed by atoms with Crippen LogP contribution in [0.4, 0.5) is 0 Å². The van der Waals surface area contributed by atoms with Gasteiger partial charge in [0.2, 0.25) is 0 Å². The molecule has 0 aliphatic carbocycles.